The van der Waals surface area contributed by atoms with Crippen molar-refractivity contribution in [3.8, 4) is 22.8 Å². The van der Waals surface area contributed by atoms with Crippen LogP contribution < -0.4 is 14.9 Å². The van der Waals surface area contributed by atoms with E-state index in [1.807, 2.05) is 0 Å². The molecule has 3 aromatic rings. The molecule has 30 heavy (non-hydrogen) atoms. The van der Waals surface area contributed by atoms with Crippen molar-refractivity contribution < 1.29 is 24.1 Å². The summed E-state index contributed by atoms with van der Waals surface area (Å²) in [6.07, 6.45) is 1.23. The first kappa shape index (κ1) is 20.4. The predicted molar refractivity (Wildman–Crippen MR) is 111 cm³/mol. The Morgan fingerprint density at radius 2 is 2.20 bits per heavy atom. The molecule has 0 aliphatic carbocycles. The van der Waals surface area contributed by atoms with Gasteiger partial charge < -0.3 is 23.9 Å². The number of carbonyl (C=O) groups is 1. The number of ether oxygens (including phenoxy) is 3. The van der Waals surface area contributed by atoms with Crippen molar-refractivity contribution >= 4 is 28.9 Å². The predicted octanol–water partition coefficient (Wildman–Crippen LogP) is 3.68. The molecule has 156 valence electrons. The molecule has 1 aliphatic heterocycles. The highest BCUT2D eigenvalue weighted by Gasteiger charge is 2.30. The molecule has 1 aliphatic rings. The fraction of sp³-hybridized carbons (Fsp3) is 0.250. The molecule has 8 nitrogen and oxygen atoms in total. The lowest BCUT2D eigenvalue weighted by molar-refractivity contribution is 0.0693. The number of pyridine rings is 1. The zero-order valence-corrected chi connectivity index (χ0v) is 17.4. The quantitative estimate of drug-likeness (QED) is 0.550. The average molecular weight is 449 g/mol. The van der Waals surface area contributed by atoms with Crippen LogP contribution in [0.1, 0.15) is 28.7 Å². The Morgan fingerprint density at radius 3 is 2.90 bits per heavy atom. The number of halogens is 1. The minimum Gasteiger partial charge on any atom is -0.492 e. The first-order chi connectivity index (χ1) is 14.5. The van der Waals surface area contributed by atoms with Crippen molar-refractivity contribution in [2.24, 2.45) is 0 Å². The smallest absolute Gasteiger partial charge is 0.341 e. The van der Waals surface area contributed by atoms with Gasteiger partial charge in [0.2, 0.25) is 6.23 Å². The molecular weight excluding hydrogens is 432 g/mol. The van der Waals surface area contributed by atoms with E-state index < -0.39 is 17.6 Å². The van der Waals surface area contributed by atoms with Gasteiger partial charge in [-0.05, 0) is 6.07 Å². The van der Waals surface area contributed by atoms with Gasteiger partial charge in [-0.25, -0.2) is 9.78 Å². The van der Waals surface area contributed by atoms with Crippen LogP contribution in [0.3, 0.4) is 0 Å². The van der Waals surface area contributed by atoms with Crippen LogP contribution >= 0.6 is 22.9 Å². The van der Waals surface area contributed by atoms with E-state index in [1.165, 1.54) is 23.6 Å². The zero-order chi connectivity index (χ0) is 21.3. The van der Waals surface area contributed by atoms with Gasteiger partial charge >= 0.3 is 5.97 Å². The number of hydrogen-bond donors (Lipinski definition) is 1. The van der Waals surface area contributed by atoms with Crippen molar-refractivity contribution in [3.05, 3.63) is 61.8 Å². The van der Waals surface area contributed by atoms with E-state index in [2.05, 4.69) is 4.98 Å². The second-order valence-electron chi connectivity index (χ2n) is 6.51. The number of methoxy groups -OCH3 is 1. The molecule has 1 atom stereocenters. The number of aromatic carboxylic acids is 1. The van der Waals surface area contributed by atoms with E-state index in [1.54, 1.807) is 34.7 Å². The number of thiazole rings is 1. The van der Waals surface area contributed by atoms with Gasteiger partial charge in [0.15, 0.2) is 5.43 Å². The minimum atomic E-state index is -1.31. The van der Waals surface area contributed by atoms with Gasteiger partial charge in [-0.2, -0.15) is 0 Å². The molecule has 1 aromatic carbocycles. The Kier molecular flexibility index (Phi) is 5.76. The van der Waals surface area contributed by atoms with Gasteiger partial charge in [-0.15, -0.1) is 11.3 Å². The summed E-state index contributed by atoms with van der Waals surface area (Å²) in [4.78, 5) is 28.1. The Morgan fingerprint density at radius 1 is 1.37 bits per heavy atom. The van der Waals surface area contributed by atoms with E-state index in [9.17, 15) is 14.7 Å². The molecule has 0 fully saturated rings. The Bertz CT molecular complexity index is 1140. The fourth-order valence-corrected chi connectivity index (χ4v) is 3.95. The summed E-state index contributed by atoms with van der Waals surface area (Å²) in [7, 11) is 1.62. The maximum Gasteiger partial charge on any atom is 0.341 e. The van der Waals surface area contributed by atoms with Crippen LogP contribution in [0.4, 0.5) is 0 Å². The second kappa shape index (κ2) is 8.47. The van der Waals surface area contributed by atoms with Gasteiger partial charge in [-0.1, -0.05) is 11.6 Å². The van der Waals surface area contributed by atoms with Crippen LogP contribution in [0.2, 0.25) is 5.02 Å². The molecule has 2 aromatic heterocycles. The van der Waals surface area contributed by atoms with Crippen molar-refractivity contribution in [2.75, 3.05) is 20.3 Å². The molecule has 0 saturated heterocycles. The van der Waals surface area contributed by atoms with Gasteiger partial charge in [0.25, 0.3) is 0 Å². The molecule has 0 bridgehead atoms. The summed E-state index contributed by atoms with van der Waals surface area (Å²) in [6, 6.07) is 4.59. The van der Waals surface area contributed by atoms with Crippen LogP contribution in [0.15, 0.2) is 40.1 Å². The maximum atomic E-state index is 12.4. The molecule has 3 heterocycles. The van der Waals surface area contributed by atoms with Crippen LogP contribution in [0, 0.1) is 0 Å². The highest BCUT2D eigenvalue weighted by molar-refractivity contribution is 7.07. The summed E-state index contributed by atoms with van der Waals surface area (Å²) in [5, 5.41) is 11.5. The molecule has 0 spiro atoms. The van der Waals surface area contributed by atoms with E-state index in [4.69, 9.17) is 25.8 Å². The first-order valence-corrected chi connectivity index (χ1v) is 10.3. The Balaban J connectivity index is 1.81. The summed E-state index contributed by atoms with van der Waals surface area (Å²) < 4.78 is 18.5. The number of nitrogens with zero attached hydrogens (tertiary/aromatic N) is 2. The zero-order valence-electron chi connectivity index (χ0n) is 15.8. The number of fused-ring (bicyclic) bond motifs is 3. The lowest BCUT2D eigenvalue weighted by Crippen LogP contribution is -2.28. The van der Waals surface area contributed by atoms with Crippen LogP contribution in [-0.4, -0.2) is 41.0 Å². The monoisotopic (exact) mass is 448 g/mol. The van der Waals surface area contributed by atoms with Gasteiger partial charge in [0.1, 0.15) is 22.8 Å². The Labute approximate surface area is 180 Å². The maximum absolute atomic E-state index is 12.4. The average Bonchev–Trinajstić information content (AvgIpc) is 3.25. The SMILES string of the molecule is COCCCOc1cc2c(cc1Cl)-c1cc(=O)c(C(=O)O)cn1C(c1cscn1)O2. The number of aromatic nitrogens is 2. The molecular formula is C20H17ClN2O6S. The van der Waals surface area contributed by atoms with Gasteiger partial charge in [0, 0.05) is 49.4 Å². The van der Waals surface area contributed by atoms with E-state index >= 15 is 0 Å². The van der Waals surface area contributed by atoms with E-state index in [-0.39, 0.29) is 5.56 Å². The van der Waals surface area contributed by atoms with E-state index in [0.29, 0.717) is 53.1 Å². The normalized spacial score (nSPS) is 14.5. The topological polar surface area (TPSA) is 99.9 Å². The van der Waals surface area contributed by atoms with Crippen LogP contribution in [0.25, 0.3) is 11.3 Å². The molecule has 0 saturated carbocycles. The number of carboxylic acid groups (broad SMARTS) is 1. The number of hydrogen-bond acceptors (Lipinski definition) is 7. The number of rotatable bonds is 7. The van der Waals surface area contributed by atoms with Gasteiger partial charge in [0.05, 0.1) is 22.8 Å². The summed E-state index contributed by atoms with van der Waals surface area (Å²) in [5.41, 5.74) is 2.33. The van der Waals surface area contributed by atoms with Crippen LogP contribution in [0.5, 0.6) is 11.5 Å². The van der Waals surface area contributed by atoms with Gasteiger partial charge in [-0.3, -0.25) is 4.79 Å². The third-order valence-electron chi connectivity index (χ3n) is 4.57. The third-order valence-corrected chi connectivity index (χ3v) is 5.47. The molecule has 4 rings (SSSR count). The number of benzene rings is 1. The van der Waals surface area contributed by atoms with Crippen molar-refractivity contribution in [2.45, 2.75) is 12.6 Å². The standard InChI is InChI=1S/C20H17ClN2O6S/c1-27-3-2-4-28-18-7-17-11(5-13(18)21)15-6-16(24)12(20(25)26)8-23(15)19(29-17)14-9-30-10-22-14/h5-10,19H,2-4H2,1H3,(H,25,26). The lowest BCUT2D eigenvalue weighted by atomic mass is 10.1. The second-order valence-corrected chi connectivity index (χ2v) is 7.63. The van der Waals surface area contributed by atoms with Crippen molar-refractivity contribution in [1.29, 1.82) is 0 Å². The molecule has 1 N–H and O–H groups in total. The summed E-state index contributed by atoms with van der Waals surface area (Å²) in [5.74, 6) is -0.404. The molecule has 0 amide bonds. The molecule has 1 unspecified atom stereocenters. The van der Waals surface area contributed by atoms with E-state index in [0.717, 1.165) is 0 Å². The largest absolute Gasteiger partial charge is 0.492 e. The summed E-state index contributed by atoms with van der Waals surface area (Å²) in [6.45, 7) is 0.979. The highest BCUT2D eigenvalue weighted by atomic mass is 35.5. The lowest BCUT2D eigenvalue weighted by Gasteiger charge is -2.31. The Hall–Kier alpha value is -2.88. The van der Waals surface area contributed by atoms with Crippen molar-refractivity contribution in [1.82, 2.24) is 9.55 Å². The first-order valence-electron chi connectivity index (χ1n) is 8.99. The third kappa shape index (κ3) is 3.79. The minimum absolute atomic E-state index is 0.350. The van der Waals surface area contributed by atoms with Crippen molar-refractivity contribution in [3.63, 3.8) is 0 Å². The molecule has 0 radical (unpaired) electrons. The highest BCUT2D eigenvalue weighted by Crippen LogP contribution is 2.44. The number of carboxylic acids is 1. The summed E-state index contributed by atoms with van der Waals surface area (Å²) >= 11 is 7.78. The fourth-order valence-electron chi connectivity index (χ4n) is 3.17. The van der Waals surface area contributed by atoms with Crippen LogP contribution in [-0.2, 0) is 4.74 Å². The molecule has 10 heteroatoms.